The Bertz CT molecular complexity index is 231. The van der Waals surface area contributed by atoms with Gasteiger partial charge in [-0.15, -0.1) is 0 Å². The largest absolute Gasteiger partial charge is 0.283 e. The quantitative estimate of drug-likeness (QED) is 0.606. The summed E-state index contributed by atoms with van der Waals surface area (Å²) in [4.78, 5) is 26.5. The van der Waals surface area contributed by atoms with E-state index in [1.807, 2.05) is 32.6 Å². The molecule has 4 heteroatoms. The van der Waals surface area contributed by atoms with E-state index < -0.39 is 0 Å². The molecule has 1 rings (SSSR count). The van der Waals surface area contributed by atoms with Crippen molar-refractivity contribution in [3.63, 3.8) is 0 Å². The van der Waals surface area contributed by atoms with Gasteiger partial charge in [0.2, 0.25) is 11.8 Å². The maximum Gasteiger partial charge on any atom is 0.243 e. The number of imide groups is 1. The summed E-state index contributed by atoms with van der Waals surface area (Å²) in [5.41, 5.74) is 0. The molecule has 0 aromatic rings. The van der Waals surface area contributed by atoms with Crippen LogP contribution >= 0.6 is 0 Å². The predicted octanol–water partition coefficient (Wildman–Crippen LogP) is 0.474. The van der Waals surface area contributed by atoms with Crippen LogP contribution in [-0.4, -0.2) is 46.8 Å². The Balaban J connectivity index is 2.73. The van der Waals surface area contributed by atoms with E-state index in [-0.39, 0.29) is 23.9 Å². The van der Waals surface area contributed by atoms with E-state index in [9.17, 15) is 9.59 Å². The monoisotopic (exact) mass is 198 g/mol. The minimum absolute atomic E-state index is 0.0238. The van der Waals surface area contributed by atoms with Crippen LogP contribution in [0.1, 0.15) is 27.7 Å². The van der Waals surface area contributed by atoms with Crippen molar-refractivity contribution >= 4 is 11.8 Å². The van der Waals surface area contributed by atoms with Crippen molar-refractivity contribution in [2.24, 2.45) is 0 Å². The third kappa shape index (κ3) is 2.12. The number of carbonyl (C=O) groups is 2. The van der Waals surface area contributed by atoms with Crippen molar-refractivity contribution in [3.8, 4) is 0 Å². The van der Waals surface area contributed by atoms with Gasteiger partial charge < -0.3 is 0 Å². The summed E-state index contributed by atoms with van der Waals surface area (Å²) in [5, 5.41) is 0. The summed E-state index contributed by atoms with van der Waals surface area (Å²) in [7, 11) is 0. The summed E-state index contributed by atoms with van der Waals surface area (Å²) in [6, 6.07) is 0.224. The van der Waals surface area contributed by atoms with Crippen LogP contribution in [0.15, 0.2) is 0 Å². The first-order valence-electron chi connectivity index (χ1n) is 5.02. The Morgan fingerprint density at radius 1 is 0.929 bits per heavy atom. The van der Waals surface area contributed by atoms with Crippen LogP contribution in [0.5, 0.6) is 0 Å². The van der Waals surface area contributed by atoms with Gasteiger partial charge in [0.15, 0.2) is 0 Å². The van der Waals surface area contributed by atoms with Crippen molar-refractivity contribution < 1.29 is 9.59 Å². The molecule has 0 saturated carbocycles. The third-order valence-electron chi connectivity index (χ3n) is 2.46. The Labute approximate surface area is 84.9 Å². The van der Waals surface area contributed by atoms with Gasteiger partial charge in [-0.1, -0.05) is 0 Å². The Kier molecular flexibility index (Phi) is 3.26. The van der Waals surface area contributed by atoms with Crippen LogP contribution < -0.4 is 0 Å². The maximum absolute atomic E-state index is 11.6. The highest BCUT2D eigenvalue weighted by Gasteiger charge is 2.33. The zero-order chi connectivity index (χ0) is 10.9. The molecule has 4 nitrogen and oxygen atoms in total. The van der Waals surface area contributed by atoms with Gasteiger partial charge in [-0.2, -0.15) is 0 Å². The van der Waals surface area contributed by atoms with Crippen molar-refractivity contribution in [3.05, 3.63) is 0 Å². The molecule has 14 heavy (non-hydrogen) atoms. The minimum atomic E-state index is -0.0787. The van der Waals surface area contributed by atoms with E-state index >= 15 is 0 Å². The van der Waals surface area contributed by atoms with Crippen molar-refractivity contribution in [2.45, 2.75) is 39.8 Å². The van der Waals surface area contributed by atoms with Crippen molar-refractivity contribution in [1.29, 1.82) is 0 Å². The van der Waals surface area contributed by atoms with Crippen LogP contribution in [0, 0.1) is 0 Å². The minimum Gasteiger partial charge on any atom is -0.283 e. The summed E-state index contributed by atoms with van der Waals surface area (Å²) in [5.74, 6) is -0.157. The smallest absolute Gasteiger partial charge is 0.243 e. The molecule has 0 aromatic carbocycles. The fraction of sp³-hybridized carbons (Fsp3) is 0.800. The first-order chi connectivity index (χ1) is 6.43. The lowest BCUT2D eigenvalue weighted by Crippen LogP contribution is -2.57. The van der Waals surface area contributed by atoms with Gasteiger partial charge in [0, 0.05) is 12.1 Å². The molecule has 1 aliphatic rings. The molecule has 1 aliphatic heterocycles. The second-order valence-electron chi connectivity index (χ2n) is 4.25. The topological polar surface area (TPSA) is 40.6 Å². The van der Waals surface area contributed by atoms with E-state index in [0.29, 0.717) is 13.1 Å². The average molecular weight is 198 g/mol. The van der Waals surface area contributed by atoms with E-state index in [1.165, 1.54) is 4.90 Å². The molecule has 1 saturated heterocycles. The first-order valence-corrected chi connectivity index (χ1v) is 5.02. The zero-order valence-corrected chi connectivity index (χ0v) is 9.28. The van der Waals surface area contributed by atoms with Gasteiger partial charge in [0.25, 0.3) is 0 Å². The Morgan fingerprint density at radius 2 is 1.36 bits per heavy atom. The van der Waals surface area contributed by atoms with E-state index in [0.717, 1.165) is 0 Å². The normalized spacial score (nSPS) is 20.0. The number of carbonyl (C=O) groups excluding carboxylic acids is 2. The molecule has 0 aliphatic carbocycles. The average Bonchev–Trinajstić information content (AvgIpc) is 2.01. The molecule has 0 bridgehead atoms. The lowest BCUT2D eigenvalue weighted by Gasteiger charge is -2.36. The fourth-order valence-electron chi connectivity index (χ4n) is 1.64. The summed E-state index contributed by atoms with van der Waals surface area (Å²) >= 11 is 0. The molecule has 80 valence electrons. The molecule has 0 radical (unpaired) electrons. The van der Waals surface area contributed by atoms with Crippen LogP contribution in [-0.2, 0) is 9.59 Å². The zero-order valence-electron chi connectivity index (χ0n) is 9.28. The van der Waals surface area contributed by atoms with Crippen molar-refractivity contribution in [1.82, 2.24) is 9.80 Å². The predicted molar refractivity (Wildman–Crippen MR) is 53.7 cm³/mol. The molecule has 1 heterocycles. The van der Waals surface area contributed by atoms with Crippen LogP contribution in [0.4, 0.5) is 0 Å². The third-order valence-corrected chi connectivity index (χ3v) is 2.46. The number of hydrogen-bond donors (Lipinski definition) is 0. The standard InChI is InChI=1S/C10H18N2O2/c1-7(2)11-5-9(13)12(8(3)4)10(14)6-11/h7-8H,5-6H2,1-4H3. The Morgan fingerprint density at radius 3 is 1.64 bits per heavy atom. The van der Waals surface area contributed by atoms with Gasteiger partial charge >= 0.3 is 0 Å². The summed E-state index contributed by atoms with van der Waals surface area (Å²) in [6.07, 6.45) is 0. The molecular formula is C10H18N2O2. The second kappa shape index (κ2) is 4.09. The van der Waals surface area contributed by atoms with Gasteiger partial charge in [-0.25, -0.2) is 0 Å². The number of piperazine rings is 1. The summed E-state index contributed by atoms with van der Waals surface area (Å²) < 4.78 is 0. The lowest BCUT2D eigenvalue weighted by molar-refractivity contribution is -0.154. The van der Waals surface area contributed by atoms with Gasteiger partial charge in [-0.05, 0) is 27.7 Å². The Hall–Kier alpha value is -0.900. The molecule has 0 atom stereocenters. The molecule has 0 aromatic heterocycles. The highest BCUT2D eigenvalue weighted by molar-refractivity contribution is 5.99. The second-order valence-corrected chi connectivity index (χ2v) is 4.25. The molecule has 0 spiro atoms. The SMILES string of the molecule is CC(C)N1CC(=O)N(C(C)C)C(=O)C1. The van der Waals surface area contributed by atoms with Gasteiger partial charge in [0.1, 0.15) is 0 Å². The number of rotatable bonds is 2. The highest BCUT2D eigenvalue weighted by atomic mass is 16.2. The number of amides is 2. The first kappa shape index (κ1) is 11.2. The van der Waals surface area contributed by atoms with E-state index in [1.54, 1.807) is 0 Å². The molecule has 0 unspecified atom stereocenters. The van der Waals surface area contributed by atoms with Crippen LogP contribution in [0.2, 0.25) is 0 Å². The number of nitrogens with zero attached hydrogens (tertiary/aromatic N) is 2. The fourth-order valence-corrected chi connectivity index (χ4v) is 1.64. The molecule has 0 N–H and O–H groups in total. The molecule has 2 amide bonds. The lowest BCUT2D eigenvalue weighted by atomic mass is 10.2. The maximum atomic E-state index is 11.6. The highest BCUT2D eigenvalue weighted by Crippen LogP contribution is 2.11. The molecule has 1 fully saturated rings. The molecular weight excluding hydrogens is 180 g/mol. The van der Waals surface area contributed by atoms with E-state index in [2.05, 4.69) is 0 Å². The van der Waals surface area contributed by atoms with Gasteiger partial charge in [0.05, 0.1) is 13.1 Å². The van der Waals surface area contributed by atoms with Gasteiger partial charge in [-0.3, -0.25) is 19.4 Å². The van der Waals surface area contributed by atoms with Crippen LogP contribution in [0.25, 0.3) is 0 Å². The van der Waals surface area contributed by atoms with E-state index in [4.69, 9.17) is 0 Å². The number of hydrogen-bond acceptors (Lipinski definition) is 3. The van der Waals surface area contributed by atoms with Crippen LogP contribution in [0.3, 0.4) is 0 Å². The summed E-state index contributed by atoms with van der Waals surface area (Å²) in [6.45, 7) is 8.43. The van der Waals surface area contributed by atoms with Crippen molar-refractivity contribution in [2.75, 3.05) is 13.1 Å².